The van der Waals surface area contributed by atoms with Crippen molar-refractivity contribution in [3.8, 4) is 11.6 Å². The highest BCUT2D eigenvalue weighted by Gasteiger charge is 2.11. The Bertz CT molecular complexity index is 550. The zero-order valence-electron chi connectivity index (χ0n) is 11.0. The first-order valence-corrected chi connectivity index (χ1v) is 6.04. The van der Waals surface area contributed by atoms with Crippen LogP contribution in [0.1, 0.15) is 29.7 Å². The predicted molar refractivity (Wildman–Crippen MR) is 72.8 cm³/mol. The number of benzene rings is 1. The molecule has 1 heterocycles. The molecule has 1 aromatic carbocycles. The summed E-state index contributed by atoms with van der Waals surface area (Å²) in [6.07, 6.45) is 1.71. The van der Waals surface area contributed by atoms with E-state index < -0.39 is 0 Å². The summed E-state index contributed by atoms with van der Waals surface area (Å²) >= 11 is 0. The first-order chi connectivity index (χ1) is 8.59. The first-order valence-electron chi connectivity index (χ1n) is 6.04. The predicted octanol–water partition coefficient (Wildman–Crippen LogP) is 3.51. The number of pyridine rings is 1. The summed E-state index contributed by atoms with van der Waals surface area (Å²) in [7, 11) is 0. The summed E-state index contributed by atoms with van der Waals surface area (Å²) in [5.41, 5.74) is 9.15. The molecule has 0 radical (unpaired) electrons. The molecule has 0 amide bonds. The highest BCUT2D eigenvalue weighted by molar-refractivity contribution is 5.41. The maximum absolute atomic E-state index is 5.92. The van der Waals surface area contributed by atoms with Crippen molar-refractivity contribution < 1.29 is 4.74 Å². The van der Waals surface area contributed by atoms with Gasteiger partial charge in [-0.15, -0.1) is 0 Å². The van der Waals surface area contributed by atoms with Gasteiger partial charge in [0.25, 0.3) is 0 Å². The van der Waals surface area contributed by atoms with E-state index in [2.05, 4.69) is 18.0 Å². The van der Waals surface area contributed by atoms with Crippen molar-refractivity contribution in [1.82, 2.24) is 4.98 Å². The second-order valence-electron chi connectivity index (χ2n) is 4.49. The molecular weight excluding hydrogens is 224 g/mol. The maximum atomic E-state index is 5.92. The summed E-state index contributed by atoms with van der Waals surface area (Å²) in [5.74, 6) is 1.41. The molecule has 0 fully saturated rings. The molecule has 0 aliphatic heterocycles. The van der Waals surface area contributed by atoms with Crippen molar-refractivity contribution in [1.29, 1.82) is 0 Å². The number of hydrogen-bond donors (Lipinski definition) is 1. The first kappa shape index (κ1) is 12.6. The van der Waals surface area contributed by atoms with E-state index >= 15 is 0 Å². The number of rotatable bonds is 3. The highest BCUT2D eigenvalue weighted by atomic mass is 16.5. The Labute approximate surface area is 108 Å². The van der Waals surface area contributed by atoms with Crippen LogP contribution in [0.3, 0.4) is 0 Å². The topological polar surface area (TPSA) is 48.1 Å². The van der Waals surface area contributed by atoms with E-state index in [1.165, 1.54) is 5.56 Å². The molecule has 0 saturated heterocycles. The lowest BCUT2D eigenvalue weighted by molar-refractivity contribution is 0.448. The van der Waals surface area contributed by atoms with Crippen LogP contribution in [-0.4, -0.2) is 4.98 Å². The standard InChI is InChI=1S/C15H18N2O/c1-10-6-4-8-14(11(10)2)18-15-13(12(3)16)7-5-9-17-15/h4-9,12H,16H2,1-3H3/t12-/m0/s1. The molecule has 3 nitrogen and oxygen atoms in total. The summed E-state index contributed by atoms with van der Waals surface area (Å²) in [6.45, 7) is 6.03. The van der Waals surface area contributed by atoms with Crippen molar-refractivity contribution in [3.05, 3.63) is 53.2 Å². The third kappa shape index (κ3) is 2.51. The van der Waals surface area contributed by atoms with Crippen molar-refractivity contribution in [2.75, 3.05) is 0 Å². The van der Waals surface area contributed by atoms with Gasteiger partial charge in [0.15, 0.2) is 0 Å². The van der Waals surface area contributed by atoms with Gasteiger partial charge in [-0.2, -0.15) is 0 Å². The monoisotopic (exact) mass is 242 g/mol. The lowest BCUT2D eigenvalue weighted by atomic mass is 10.1. The Balaban J connectivity index is 2.37. The van der Waals surface area contributed by atoms with E-state index in [9.17, 15) is 0 Å². The van der Waals surface area contributed by atoms with Crippen LogP contribution in [0.5, 0.6) is 11.6 Å². The molecule has 18 heavy (non-hydrogen) atoms. The zero-order valence-corrected chi connectivity index (χ0v) is 11.0. The van der Waals surface area contributed by atoms with E-state index in [4.69, 9.17) is 10.5 Å². The molecule has 0 bridgehead atoms. The van der Waals surface area contributed by atoms with Crippen LogP contribution in [0.4, 0.5) is 0 Å². The van der Waals surface area contributed by atoms with Crippen LogP contribution in [0.25, 0.3) is 0 Å². The van der Waals surface area contributed by atoms with Crippen LogP contribution in [0.2, 0.25) is 0 Å². The molecule has 94 valence electrons. The molecule has 2 aromatic rings. The fourth-order valence-corrected chi connectivity index (χ4v) is 1.77. The number of nitrogens with zero attached hydrogens (tertiary/aromatic N) is 1. The van der Waals surface area contributed by atoms with Gasteiger partial charge in [0.1, 0.15) is 5.75 Å². The van der Waals surface area contributed by atoms with Crippen molar-refractivity contribution in [3.63, 3.8) is 0 Å². The van der Waals surface area contributed by atoms with Crippen LogP contribution in [0.15, 0.2) is 36.5 Å². The average Bonchev–Trinajstić information content (AvgIpc) is 2.35. The summed E-state index contributed by atoms with van der Waals surface area (Å²) < 4.78 is 5.89. The van der Waals surface area contributed by atoms with Gasteiger partial charge >= 0.3 is 0 Å². The lowest BCUT2D eigenvalue weighted by Gasteiger charge is -2.14. The summed E-state index contributed by atoms with van der Waals surface area (Å²) in [6, 6.07) is 9.70. The second kappa shape index (κ2) is 5.19. The maximum Gasteiger partial charge on any atom is 0.223 e. The SMILES string of the molecule is Cc1cccc(Oc2ncccc2[C@H](C)N)c1C. The molecule has 0 unspecified atom stereocenters. The molecule has 1 atom stereocenters. The summed E-state index contributed by atoms with van der Waals surface area (Å²) in [5, 5.41) is 0. The van der Waals surface area contributed by atoms with Crippen LogP contribution in [0, 0.1) is 13.8 Å². The second-order valence-corrected chi connectivity index (χ2v) is 4.49. The molecule has 0 saturated carbocycles. The summed E-state index contributed by atoms with van der Waals surface area (Å²) in [4.78, 5) is 4.26. The van der Waals surface area contributed by atoms with E-state index in [1.54, 1.807) is 6.20 Å². The third-order valence-electron chi connectivity index (χ3n) is 3.05. The quantitative estimate of drug-likeness (QED) is 0.896. The fourth-order valence-electron chi connectivity index (χ4n) is 1.77. The minimum atomic E-state index is -0.0983. The van der Waals surface area contributed by atoms with Gasteiger partial charge in [-0.05, 0) is 44.0 Å². The Morgan fingerprint density at radius 1 is 1.17 bits per heavy atom. The number of ether oxygens (including phenoxy) is 1. The van der Waals surface area contributed by atoms with E-state index in [-0.39, 0.29) is 6.04 Å². The van der Waals surface area contributed by atoms with Gasteiger partial charge < -0.3 is 10.5 Å². The minimum absolute atomic E-state index is 0.0983. The average molecular weight is 242 g/mol. The third-order valence-corrected chi connectivity index (χ3v) is 3.05. The molecule has 1 aromatic heterocycles. The van der Waals surface area contributed by atoms with Crippen molar-refractivity contribution >= 4 is 0 Å². The van der Waals surface area contributed by atoms with Gasteiger partial charge in [-0.1, -0.05) is 18.2 Å². The molecular formula is C15H18N2O. The van der Waals surface area contributed by atoms with Crippen molar-refractivity contribution in [2.24, 2.45) is 5.73 Å². The number of aryl methyl sites for hydroxylation is 1. The van der Waals surface area contributed by atoms with Crippen LogP contribution in [-0.2, 0) is 0 Å². The Morgan fingerprint density at radius 3 is 2.67 bits per heavy atom. The molecule has 2 rings (SSSR count). The molecule has 0 aliphatic rings. The van der Waals surface area contributed by atoms with E-state index in [1.807, 2.05) is 38.1 Å². The van der Waals surface area contributed by atoms with Gasteiger partial charge in [0.05, 0.1) is 0 Å². The van der Waals surface area contributed by atoms with Gasteiger partial charge in [-0.3, -0.25) is 0 Å². The largest absolute Gasteiger partial charge is 0.438 e. The zero-order chi connectivity index (χ0) is 13.1. The molecule has 3 heteroatoms. The molecule has 2 N–H and O–H groups in total. The number of nitrogens with two attached hydrogens (primary N) is 1. The highest BCUT2D eigenvalue weighted by Crippen LogP contribution is 2.29. The van der Waals surface area contributed by atoms with Crippen LogP contribution < -0.4 is 10.5 Å². The van der Waals surface area contributed by atoms with Crippen LogP contribution >= 0.6 is 0 Å². The fraction of sp³-hybridized carbons (Fsp3) is 0.267. The van der Waals surface area contributed by atoms with E-state index in [0.29, 0.717) is 5.88 Å². The Morgan fingerprint density at radius 2 is 1.94 bits per heavy atom. The smallest absolute Gasteiger partial charge is 0.223 e. The Hall–Kier alpha value is -1.87. The van der Waals surface area contributed by atoms with E-state index in [0.717, 1.165) is 16.9 Å². The lowest BCUT2D eigenvalue weighted by Crippen LogP contribution is -2.07. The van der Waals surface area contributed by atoms with Gasteiger partial charge in [0, 0.05) is 17.8 Å². The number of aromatic nitrogens is 1. The van der Waals surface area contributed by atoms with Gasteiger partial charge in [-0.25, -0.2) is 4.98 Å². The normalized spacial score (nSPS) is 12.2. The van der Waals surface area contributed by atoms with Crippen molar-refractivity contribution in [2.45, 2.75) is 26.8 Å². The molecule has 0 aliphatic carbocycles. The number of hydrogen-bond acceptors (Lipinski definition) is 3. The minimum Gasteiger partial charge on any atom is -0.438 e. The molecule has 0 spiro atoms. The van der Waals surface area contributed by atoms with Gasteiger partial charge in [0.2, 0.25) is 5.88 Å². The Kier molecular flexibility index (Phi) is 3.63.